The molecule has 1 saturated heterocycles. The number of hydrogen-bond acceptors (Lipinski definition) is 2. The Bertz CT molecular complexity index is 817. The summed E-state index contributed by atoms with van der Waals surface area (Å²) in [5.74, 6) is 1.13. The van der Waals surface area contributed by atoms with E-state index in [1.165, 1.54) is 34.1 Å². The third-order valence-electron chi connectivity index (χ3n) is 5.67. The van der Waals surface area contributed by atoms with Crippen molar-refractivity contribution in [3.63, 3.8) is 0 Å². The molecule has 2 aromatic heterocycles. The van der Waals surface area contributed by atoms with Gasteiger partial charge in [0.2, 0.25) is 0 Å². The Morgan fingerprint density at radius 3 is 3.09 bits per heavy atom. The number of fused-ring (bicyclic) bond motifs is 2. The molecule has 0 amide bonds. The van der Waals surface area contributed by atoms with E-state index >= 15 is 0 Å². The van der Waals surface area contributed by atoms with E-state index in [1.54, 1.807) is 0 Å². The molecule has 0 bridgehead atoms. The summed E-state index contributed by atoms with van der Waals surface area (Å²) < 4.78 is 0. The topological polar surface area (TPSA) is 47.7 Å². The highest BCUT2D eigenvalue weighted by Crippen LogP contribution is 2.46. The molecule has 3 heterocycles. The molecule has 4 heteroatoms. The smallest absolute Gasteiger partial charge is 0.0665 e. The van der Waals surface area contributed by atoms with E-state index in [4.69, 9.17) is 0 Å². The third-order valence-corrected chi connectivity index (χ3v) is 5.67. The normalized spacial score (nSPS) is 28.0. The number of H-pyrrole nitrogens is 2. The SMILES string of the molecule is CN1C[C@H](c2cc[nH]n2)CC2c3cccc4[nH]cc(c34)C[C@H]21. The Kier molecular flexibility index (Phi) is 2.53. The zero-order chi connectivity index (χ0) is 14.7. The Morgan fingerprint density at radius 2 is 2.23 bits per heavy atom. The number of piperidine rings is 1. The van der Waals surface area contributed by atoms with Gasteiger partial charge in [0, 0.05) is 47.7 Å². The van der Waals surface area contributed by atoms with E-state index in [-0.39, 0.29) is 0 Å². The van der Waals surface area contributed by atoms with E-state index in [9.17, 15) is 0 Å². The summed E-state index contributed by atoms with van der Waals surface area (Å²) in [6.07, 6.45) is 6.50. The average Bonchev–Trinajstić information content (AvgIpc) is 3.19. The van der Waals surface area contributed by atoms with Crippen molar-refractivity contribution in [3.8, 4) is 0 Å². The molecule has 1 aromatic carbocycles. The quantitative estimate of drug-likeness (QED) is 0.724. The lowest BCUT2D eigenvalue weighted by atomic mass is 9.72. The van der Waals surface area contributed by atoms with Gasteiger partial charge in [-0.05, 0) is 43.1 Å². The number of rotatable bonds is 1. The van der Waals surface area contributed by atoms with E-state index in [0.29, 0.717) is 17.9 Å². The van der Waals surface area contributed by atoms with Gasteiger partial charge in [0.15, 0.2) is 0 Å². The van der Waals surface area contributed by atoms with Crippen LogP contribution in [0.4, 0.5) is 0 Å². The van der Waals surface area contributed by atoms with E-state index < -0.39 is 0 Å². The molecular weight excluding hydrogens is 272 g/mol. The zero-order valence-corrected chi connectivity index (χ0v) is 12.7. The highest BCUT2D eigenvalue weighted by atomic mass is 15.2. The lowest BCUT2D eigenvalue weighted by Crippen LogP contribution is -2.47. The largest absolute Gasteiger partial charge is 0.361 e. The number of nitrogens with zero attached hydrogens (tertiary/aromatic N) is 2. The summed E-state index contributed by atoms with van der Waals surface area (Å²) in [5, 5.41) is 8.88. The molecule has 4 nitrogen and oxygen atoms in total. The molecule has 1 fully saturated rings. The zero-order valence-electron chi connectivity index (χ0n) is 12.7. The molecule has 1 aliphatic carbocycles. The second-order valence-corrected chi connectivity index (χ2v) is 6.83. The molecule has 3 aromatic rings. The minimum absolute atomic E-state index is 0.522. The summed E-state index contributed by atoms with van der Waals surface area (Å²) in [5.41, 5.74) is 5.50. The minimum atomic E-state index is 0.522. The van der Waals surface area contributed by atoms with Crippen LogP contribution < -0.4 is 0 Å². The fourth-order valence-corrected chi connectivity index (χ4v) is 4.66. The van der Waals surface area contributed by atoms with Crippen LogP contribution in [0.25, 0.3) is 10.9 Å². The van der Waals surface area contributed by atoms with Gasteiger partial charge in [-0.2, -0.15) is 5.10 Å². The summed E-state index contributed by atoms with van der Waals surface area (Å²) in [6, 6.07) is 9.46. The summed E-state index contributed by atoms with van der Waals surface area (Å²) in [7, 11) is 2.27. The van der Waals surface area contributed by atoms with Crippen LogP contribution in [0.5, 0.6) is 0 Å². The molecule has 0 saturated carbocycles. The van der Waals surface area contributed by atoms with Crippen molar-refractivity contribution in [1.29, 1.82) is 0 Å². The molecule has 0 spiro atoms. The van der Waals surface area contributed by atoms with Crippen LogP contribution in [0.15, 0.2) is 36.7 Å². The molecule has 2 N–H and O–H groups in total. The lowest BCUT2D eigenvalue weighted by Gasteiger charge is -2.45. The maximum atomic E-state index is 4.44. The van der Waals surface area contributed by atoms with Crippen LogP contribution in [-0.4, -0.2) is 39.7 Å². The summed E-state index contributed by atoms with van der Waals surface area (Å²) in [4.78, 5) is 5.99. The maximum absolute atomic E-state index is 4.44. The molecular formula is C18H20N4. The van der Waals surface area contributed by atoms with Crippen molar-refractivity contribution in [2.24, 2.45) is 0 Å². The van der Waals surface area contributed by atoms with Crippen molar-refractivity contribution in [2.45, 2.75) is 30.7 Å². The number of aromatic amines is 2. The standard InChI is InChI=1S/C18H20N4/c1-22-10-12(15-5-6-20-21-15)7-14-13-3-2-4-16-18(13)11(9-19-16)8-17(14)22/h2-6,9,12,14,17,19H,7-8,10H2,1H3,(H,20,21)/t12-,14?,17-/m1/s1. The molecule has 22 heavy (non-hydrogen) atoms. The molecule has 5 rings (SSSR count). The second kappa shape index (κ2) is 4.46. The Hall–Kier alpha value is -2.07. The van der Waals surface area contributed by atoms with Crippen molar-refractivity contribution < 1.29 is 0 Å². The fourth-order valence-electron chi connectivity index (χ4n) is 4.66. The van der Waals surface area contributed by atoms with Gasteiger partial charge in [-0.1, -0.05) is 12.1 Å². The van der Waals surface area contributed by atoms with Crippen molar-refractivity contribution in [3.05, 3.63) is 53.5 Å². The molecule has 112 valence electrons. The van der Waals surface area contributed by atoms with Crippen molar-refractivity contribution >= 4 is 10.9 Å². The summed E-state index contributed by atoms with van der Waals surface area (Å²) in [6.45, 7) is 1.10. The van der Waals surface area contributed by atoms with Crippen molar-refractivity contribution in [2.75, 3.05) is 13.6 Å². The molecule has 2 aliphatic rings. The highest BCUT2D eigenvalue weighted by molar-refractivity contribution is 5.88. The van der Waals surface area contributed by atoms with Gasteiger partial charge in [0.1, 0.15) is 0 Å². The molecule has 0 radical (unpaired) electrons. The predicted octanol–water partition coefficient (Wildman–Crippen LogP) is 3.02. The molecule has 3 atom stereocenters. The van der Waals surface area contributed by atoms with E-state index in [0.717, 1.165) is 13.0 Å². The Morgan fingerprint density at radius 1 is 1.27 bits per heavy atom. The van der Waals surface area contributed by atoms with E-state index in [2.05, 4.69) is 57.6 Å². The first-order valence-electron chi connectivity index (χ1n) is 8.10. The van der Waals surface area contributed by atoms with Crippen LogP contribution in [0, 0.1) is 0 Å². The first-order valence-corrected chi connectivity index (χ1v) is 8.10. The monoisotopic (exact) mass is 292 g/mol. The first-order chi connectivity index (χ1) is 10.8. The van der Waals surface area contributed by atoms with Crippen LogP contribution >= 0.6 is 0 Å². The van der Waals surface area contributed by atoms with Crippen LogP contribution in [0.2, 0.25) is 0 Å². The van der Waals surface area contributed by atoms with Gasteiger partial charge < -0.3 is 9.88 Å². The lowest BCUT2D eigenvalue weighted by molar-refractivity contribution is 0.138. The van der Waals surface area contributed by atoms with Gasteiger partial charge in [-0.15, -0.1) is 0 Å². The van der Waals surface area contributed by atoms with Gasteiger partial charge >= 0.3 is 0 Å². The van der Waals surface area contributed by atoms with Gasteiger partial charge in [-0.3, -0.25) is 5.10 Å². The number of benzene rings is 1. The average molecular weight is 292 g/mol. The number of nitrogens with one attached hydrogen (secondary N) is 2. The van der Waals surface area contributed by atoms with Crippen LogP contribution in [0.1, 0.15) is 35.1 Å². The highest BCUT2D eigenvalue weighted by Gasteiger charge is 2.40. The van der Waals surface area contributed by atoms with Crippen LogP contribution in [0.3, 0.4) is 0 Å². The van der Waals surface area contributed by atoms with Gasteiger partial charge in [0.05, 0.1) is 5.69 Å². The summed E-state index contributed by atoms with van der Waals surface area (Å²) >= 11 is 0. The van der Waals surface area contributed by atoms with E-state index in [1.807, 2.05) is 6.20 Å². The molecule has 1 aliphatic heterocycles. The third kappa shape index (κ3) is 1.64. The number of aromatic nitrogens is 3. The maximum Gasteiger partial charge on any atom is 0.0665 e. The second-order valence-electron chi connectivity index (χ2n) is 6.83. The van der Waals surface area contributed by atoms with Crippen molar-refractivity contribution in [1.82, 2.24) is 20.1 Å². The van der Waals surface area contributed by atoms with Gasteiger partial charge in [-0.25, -0.2) is 0 Å². The molecule has 1 unspecified atom stereocenters. The fraction of sp³-hybridized carbons (Fsp3) is 0.389. The number of likely N-dealkylation sites (N-methyl/N-ethyl adjacent to an activating group) is 1. The predicted molar refractivity (Wildman–Crippen MR) is 87.1 cm³/mol. The first kappa shape index (κ1) is 12.5. The Labute approximate surface area is 129 Å². The number of likely N-dealkylation sites (tertiary alicyclic amines) is 1. The number of hydrogen-bond donors (Lipinski definition) is 2. The van der Waals surface area contributed by atoms with Gasteiger partial charge in [0.25, 0.3) is 0 Å². The Balaban J connectivity index is 1.62. The van der Waals surface area contributed by atoms with Crippen LogP contribution in [-0.2, 0) is 6.42 Å². The minimum Gasteiger partial charge on any atom is -0.361 e.